The first kappa shape index (κ1) is 21.3. The van der Waals surface area contributed by atoms with Gasteiger partial charge in [0.25, 0.3) is 5.91 Å². The SMILES string of the molecule is COc1cccc(CNC(=O)c2cc(-c3ccc(F)cc3)nc3n[nH]c(-c4ccccc4)c23)c1. The third-order valence-electron chi connectivity index (χ3n) is 5.56. The summed E-state index contributed by atoms with van der Waals surface area (Å²) >= 11 is 0. The summed E-state index contributed by atoms with van der Waals surface area (Å²) in [6.07, 6.45) is 0. The molecule has 0 saturated carbocycles. The van der Waals surface area contributed by atoms with Crippen LogP contribution in [0.4, 0.5) is 4.39 Å². The molecule has 5 aromatic rings. The van der Waals surface area contributed by atoms with Gasteiger partial charge in [0, 0.05) is 17.7 Å². The number of carbonyl (C=O) groups is 1. The average Bonchev–Trinajstić information content (AvgIpc) is 3.32. The lowest BCUT2D eigenvalue weighted by Gasteiger charge is -2.10. The van der Waals surface area contributed by atoms with Gasteiger partial charge in [-0.2, -0.15) is 5.10 Å². The molecule has 0 bridgehead atoms. The number of ether oxygens (including phenoxy) is 1. The maximum absolute atomic E-state index is 13.5. The smallest absolute Gasteiger partial charge is 0.252 e. The molecular formula is C27H21FN4O2. The minimum atomic E-state index is -0.341. The second-order valence-electron chi connectivity index (χ2n) is 7.76. The van der Waals surface area contributed by atoms with Crippen LogP contribution in [-0.2, 0) is 6.54 Å². The van der Waals surface area contributed by atoms with Gasteiger partial charge in [0.1, 0.15) is 11.6 Å². The van der Waals surface area contributed by atoms with Gasteiger partial charge < -0.3 is 10.1 Å². The molecule has 0 unspecified atom stereocenters. The van der Waals surface area contributed by atoms with Crippen molar-refractivity contribution < 1.29 is 13.9 Å². The van der Waals surface area contributed by atoms with Crippen LogP contribution in [0.2, 0.25) is 0 Å². The average molecular weight is 452 g/mol. The Kier molecular flexibility index (Phi) is 5.74. The fourth-order valence-corrected chi connectivity index (χ4v) is 3.85. The van der Waals surface area contributed by atoms with Gasteiger partial charge in [-0.1, -0.05) is 42.5 Å². The zero-order chi connectivity index (χ0) is 23.5. The van der Waals surface area contributed by atoms with Gasteiger partial charge in [-0.25, -0.2) is 9.37 Å². The molecule has 0 atom stereocenters. The summed E-state index contributed by atoms with van der Waals surface area (Å²) in [5.74, 6) is 0.113. The molecule has 0 fully saturated rings. The Labute approximate surface area is 195 Å². The second-order valence-corrected chi connectivity index (χ2v) is 7.76. The van der Waals surface area contributed by atoms with E-state index in [0.29, 0.717) is 40.1 Å². The van der Waals surface area contributed by atoms with Crippen LogP contribution in [0.15, 0.2) is 84.9 Å². The van der Waals surface area contributed by atoms with Crippen molar-refractivity contribution in [3.63, 3.8) is 0 Å². The number of fused-ring (bicyclic) bond motifs is 1. The number of pyridine rings is 1. The van der Waals surface area contributed by atoms with E-state index < -0.39 is 0 Å². The third kappa shape index (κ3) is 4.23. The van der Waals surface area contributed by atoms with Gasteiger partial charge in [-0.05, 0) is 48.0 Å². The molecule has 0 aliphatic heterocycles. The van der Waals surface area contributed by atoms with E-state index in [-0.39, 0.29) is 11.7 Å². The number of hydrogen-bond acceptors (Lipinski definition) is 4. The molecule has 2 aromatic heterocycles. The number of nitrogens with zero attached hydrogens (tertiary/aromatic N) is 2. The molecular weight excluding hydrogens is 431 g/mol. The molecule has 34 heavy (non-hydrogen) atoms. The monoisotopic (exact) mass is 452 g/mol. The highest BCUT2D eigenvalue weighted by atomic mass is 19.1. The summed E-state index contributed by atoms with van der Waals surface area (Å²) in [7, 11) is 1.60. The number of halogens is 1. The van der Waals surface area contributed by atoms with Crippen molar-refractivity contribution in [2.75, 3.05) is 7.11 Å². The van der Waals surface area contributed by atoms with Crippen LogP contribution >= 0.6 is 0 Å². The standard InChI is InChI=1S/C27H21FN4O2/c1-34-21-9-5-6-17(14-21)16-29-27(33)22-15-23(18-10-12-20(28)13-11-18)30-26-24(22)25(31-32-26)19-7-3-2-4-8-19/h2-15H,16H2,1H3,(H,29,33)(H,30,31,32). The Morgan fingerprint density at radius 2 is 1.76 bits per heavy atom. The first-order valence-corrected chi connectivity index (χ1v) is 10.7. The number of aromatic amines is 1. The van der Waals surface area contributed by atoms with E-state index in [1.807, 2.05) is 54.6 Å². The Balaban J connectivity index is 1.58. The molecule has 0 saturated heterocycles. The molecule has 168 valence electrons. The van der Waals surface area contributed by atoms with Gasteiger partial charge in [0.05, 0.1) is 29.4 Å². The lowest BCUT2D eigenvalue weighted by Crippen LogP contribution is -2.23. The number of hydrogen-bond donors (Lipinski definition) is 2. The van der Waals surface area contributed by atoms with E-state index in [9.17, 15) is 9.18 Å². The summed E-state index contributed by atoms with van der Waals surface area (Å²) in [5, 5.41) is 11.0. The number of amides is 1. The summed E-state index contributed by atoms with van der Waals surface area (Å²) in [4.78, 5) is 18.1. The molecule has 0 aliphatic carbocycles. The Morgan fingerprint density at radius 3 is 2.53 bits per heavy atom. The fraction of sp³-hybridized carbons (Fsp3) is 0.0741. The molecule has 2 heterocycles. The number of benzene rings is 3. The van der Waals surface area contributed by atoms with Crippen LogP contribution < -0.4 is 10.1 Å². The normalized spacial score (nSPS) is 10.9. The highest BCUT2D eigenvalue weighted by Crippen LogP contribution is 2.31. The maximum Gasteiger partial charge on any atom is 0.252 e. The minimum Gasteiger partial charge on any atom is -0.497 e. The minimum absolute atomic E-state index is 0.267. The highest BCUT2D eigenvalue weighted by Gasteiger charge is 2.20. The zero-order valence-electron chi connectivity index (χ0n) is 18.4. The lowest BCUT2D eigenvalue weighted by atomic mass is 10.0. The van der Waals surface area contributed by atoms with Gasteiger partial charge in [-0.15, -0.1) is 0 Å². The first-order chi connectivity index (χ1) is 16.6. The van der Waals surface area contributed by atoms with Crippen LogP contribution in [0.5, 0.6) is 5.75 Å². The van der Waals surface area contributed by atoms with Crippen molar-refractivity contribution in [2.24, 2.45) is 0 Å². The molecule has 0 radical (unpaired) electrons. The number of methoxy groups -OCH3 is 1. The molecule has 6 nitrogen and oxygen atoms in total. The van der Waals surface area contributed by atoms with Crippen molar-refractivity contribution in [3.05, 3.63) is 102 Å². The number of aromatic nitrogens is 3. The van der Waals surface area contributed by atoms with Crippen LogP contribution in [0.1, 0.15) is 15.9 Å². The van der Waals surface area contributed by atoms with E-state index in [0.717, 1.165) is 16.9 Å². The van der Waals surface area contributed by atoms with E-state index in [2.05, 4.69) is 20.5 Å². The predicted octanol–water partition coefficient (Wildman–Crippen LogP) is 5.37. The van der Waals surface area contributed by atoms with Crippen LogP contribution in [-0.4, -0.2) is 28.2 Å². The maximum atomic E-state index is 13.5. The Morgan fingerprint density at radius 1 is 0.971 bits per heavy atom. The molecule has 0 aliphatic rings. The Bertz CT molecular complexity index is 1460. The number of carbonyl (C=O) groups excluding carboxylic acids is 1. The summed E-state index contributed by atoms with van der Waals surface area (Å²) in [6.45, 7) is 0.324. The van der Waals surface area contributed by atoms with E-state index >= 15 is 0 Å². The van der Waals surface area contributed by atoms with Gasteiger partial charge >= 0.3 is 0 Å². The number of nitrogens with one attached hydrogen (secondary N) is 2. The topological polar surface area (TPSA) is 79.9 Å². The van der Waals surface area contributed by atoms with Gasteiger partial charge in [0.2, 0.25) is 0 Å². The van der Waals surface area contributed by atoms with Crippen LogP contribution in [0, 0.1) is 5.82 Å². The van der Waals surface area contributed by atoms with Gasteiger partial charge in [-0.3, -0.25) is 9.89 Å². The Hall–Kier alpha value is -4.52. The quantitative estimate of drug-likeness (QED) is 0.363. The first-order valence-electron chi connectivity index (χ1n) is 10.7. The second kappa shape index (κ2) is 9.15. The molecule has 1 amide bonds. The van der Waals surface area contributed by atoms with Crippen LogP contribution in [0.3, 0.4) is 0 Å². The summed E-state index contributed by atoms with van der Waals surface area (Å²) in [5.41, 5.74) is 4.57. The van der Waals surface area contributed by atoms with Crippen molar-refractivity contribution in [1.82, 2.24) is 20.5 Å². The molecule has 5 rings (SSSR count). The van der Waals surface area contributed by atoms with E-state index in [4.69, 9.17) is 4.74 Å². The largest absolute Gasteiger partial charge is 0.497 e. The van der Waals surface area contributed by atoms with Crippen molar-refractivity contribution in [3.8, 4) is 28.3 Å². The molecule has 2 N–H and O–H groups in total. The zero-order valence-corrected chi connectivity index (χ0v) is 18.4. The van der Waals surface area contributed by atoms with Crippen molar-refractivity contribution >= 4 is 16.9 Å². The van der Waals surface area contributed by atoms with E-state index in [1.54, 1.807) is 25.3 Å². The molecule has 3 aromatic carbocycles. The summed E-state index contributed by atoms with van der Waals surface area (Å²) in [6, 6.07) is 24.9. The third-order valence-corrected chi connectivity index (χ3v) is 5.56. The van der Waals surface area contributed by atoms with E-state index in [1.165, 1.54) is 12.1 Å². The highest BCUT2D eigenvalue weighted by molar-refractivity contribution is 6.10. The van der Waals surface area contributed by atoms with Crippen molar-refractivity contribution in [1.29, 1.82) is 0 Å². The fourth-order valence-electron chi connectivity index (χ4n) is 3.85. The van der Waals surface area contributed by atoms with Crippen molar-refractivity contribution in [2.45, 2.75) is 6.54 Å². The summed E-state index contributed by atoms with van der Waals surface area (Å²) < 4.78 is 18.7. The number of rotatable bonds is 6. The number of H-pyrrole nitrogens is 1. The lowest BCUT2D eigenvalue weighted by molar-refractivity contribution is 0.0952. The predicted molar refractivity (Wildman–Crippen MR) is 129 cm³/mol. The van der Waals surface area contributed by atoms with Gasteiger partial charge in [0.15, 0.2) is 5.65 Å². The van der Waals surface area contributed by atoms with Crippen LogP contribution in [0.25, 0.3) is 33.5 Å². The molecule has 0 spiro atoms. The molecule has 7 heteroatoms.